The van der Waals surface area contributed by atoms with E-state index in [0.717, 1.165) is 12.8 Å². The highest BCUT2D eigenvalue weighted by atomic mass is 15.2. The smallest absolute Gasteiger partial charge is 0.0715 e. The van der Waals surface area contributed by atoms with E-state index in [2.05, 4.69) is 191 Å². The van der Waals surface area contributed by atoms with Crippen molar-refractivity contribution in [3.8, 4) is 27.9 Å². The molecule has 0 saturated carbocycles. The van der Waals surface area contributed by atoms with E-state index in [0.29, 0.717) is 0 Å². The van der Waals surface area contributed by atoms with Crippen LogP contribution in [0.2, 0.25) is 0 Å². The fourth-order valence-corrected chi connectivity index (χ4v) is 8.17. The number of dihydropyridines is 1. The quantitative estimate of drug-likeness (QED) is 0.206. The SMILES string of the molecule is C1=CC2=C(CC1)c1ccc(-c3ccc4c(c3)c3ccccc3n4-c3ccccc3)cc1-c1ccccc1N2C1=CC(c2ccccc2)NC=C1. The number of rotatable bonds is 4. The molecule has 3 heteroatoms. The molecule has 1 aromatic heterocycles. The molecule has 0 fully saturated rings. The Bertz CT molecular complexity index is 2570. The van der Waals surface area contributed by atoms with Crippen LogP contribution >= 0.6 is 0 Å². The Hall–Kier alpha value is -6.32. The number of nitrogens with zero attached hydrogens (tertiary/aromatic N) is 2. The first-order valence-electron chi connectivity index (χ1n) is 17.5. The molecule has 3 aliphatic rings. The third-order valence-corrected chi connectivity index (χ3v) is 10.5. The molecule has 7 aromatic rings. The molecule has 2 aliphatic heterocycles. The summed E-state index contributed by atoms with van der Waals surface area (Å²) in [5.41, 5.74) is 16.2. The number of allylic oxidation sites excluding steroid dienone is 4. The number of hydrogen-bond acceptors (Lipinski definition) is 2. The zero-order chi connectivity index (χ0) is 33.0. The normalized spacial score (nSPS) is 16.4. The minimum absolute atomic E-state index is 0.0972. The minimum atomic E-state index is 0.0972. The summed E-state index contributed by atoms with van der Waals surface area (Å²) in [6, 6.07) is 53.3. The Morgan fingerprint density at radius 3 is 2.22 bits per heavy atom. The average molecular weight is 642 g/mol. The molecule has 3 heterocycles. The van der Waals surface area contributed by atoms with Gasteiger partial charge in [0.2, 0.25) is 0 Å². The van der Waals surface area contributed by atoms with E-state index in [1.54, 1.807) is 0 Å². The lowest BCUT2D eigenvalue weighted by molar-refractivity contribution is 0.734. The molecule has 6 aromatic carbocycles. The van der Waals surface area contributed by atoms with Crippen molar-refractivity contribution in [2.75, 3.05) is 4.90 Å². The van der Waals surface area contributed by atoms with Crippen molar-refractivity contribution in [3.05, 3.63) is 199 Å². The Morgan fingerprint density at radius 1 is 0.580 bits per heavy atom. The maximum atomic E-state index is 3.57. The summed E-state index contributed by atoms with van der Waals surface area (Å²) >= 11 is 0. The number of nitrogens with one attached hydrogen (secondary N) is 1. The van der Waals surface area contributed by atoms with Crippen LogP contribution in [0.5, 0.6) is 0 Å². The number of para-hydroxylation sites is 3. The molecule has 0 spiro atoms. The second-order valence-corrected chi connectivity index (χ2v) is 13.3. The monoisotopic (exact) mass is 641 g/mol. The molecule has 10 rings (SSSR count). The molecule has 1 atom stereocenters. The van der Waals surface area contributed by atoms with Gasteiger partial charge in [0.05, 0.1) is 22.8 Å². The van der Waals surface area contributed by atoms with Crippen LogP contribution in [0.15, 0.2) is 187 Å². The summed E-state index contributed by atoms with van der Waals surface area (Å²) < 4.78 is 2.38. The lowest BCUT2D eigenvalue weighted by Gasteiger charge is -2.33. The molecule has 1 unspecified atom stereocenters. The fraction of sp³-hybridized carbons (Fsp3) is 0.0638. The second kappa shape index (κ2) is 11.7. The lowest BCUT2D eigenvalue weighted by Crippen LogP contribution is -2.26. The summed E-state index contributed by atoms with van der Waals surface area (Å²) in [5.74, 6) is 0. The van der Waals surface area contributed by atoms with Gasteiger partial charge in [0.15, 0.2) is 0 Å². The third-order valence-electron chi connectivity index (χ3n) is 10.5. The van der Waals surface area contributed by atoms with E-state index in [1.807, 2.05) is 0 Å². The van der Waals surface area contributed by atoms with Crippen molar-refractivity contribution in [1.29, 1.82) is 0 Å². The van der Waals surface area contributed by atoms with Gasteiger partial charge in [-0.3, -0.25) is 0 Å². The van der Waals surface area contributed by atoms with Crippen molar-refractivity contribution in [2.45, 2.75) is 18.9 Å². The Morgan fingerprint density at radius 2 is 1.32 bits per heavy atom. The molecule has 1 aliphatic carbocycles. The number of aromatic nitrogens is 1. The highest BCUT2D eigenvalue weighted by Gasteiger charge is 2.30. The maximum Gasteiger partial charge on any atom is 0.0715 e. The molecule has 0 saturated heterocycles. The van der Waals surface area contributed by atoms with Crippen LogP contribution in [0.1, 0.15) is 30.0 Å². The van der Waals surface area contributed by atoms with Crippen molar-refractivity contribution in [1.82, 2.24) is 9.88 Å². The first-order valence-corrected chi connectivity index (χ1v) is 17.5. The van der Waals surface area contributed by atoms with Gasteiger partial charge in [0, 0.05) is 33.4 Å². The molecule has 0 amide bonds. The molecule has 238 valence electrons. The first kappa shape index (κ1) is 28.7. The van der Waals surface area contributed by atoms with Gasteiger partial charge in [-0.15, -0.1) is 0 Å². The summed E-state index contributed by atoms with van der Waals surface area (Å²) in [7, 11) is 0. The maximum absolute atomic E-state index is 3.57. The number of hydrogen-bond donors (Lipinski definition) is 1. The van der Waals surface area contributed by atoms with Crippen molar-refractivity contribution < 1.29 is 0 Å². The van der Waals surface area contributed by atoms with Gasteiger partial charge in [0.1, 0.15) is 0 Å². The predicted octanol–water partition coefficient (Wildman–Crippen LogP) is 11.7. The molecule has 0 bridgehead atoms. The molecule has 0 radical (unpaired) electrons. The zero-order valence-electron chi connectivity index (χ0n) is 27.6. The van der Waals surface area contributed by atoms with Gasteiger partial charge in [-0.2, -0.15) is 0 Å². The highest BCUT2D eigenvalue weighted by molar-refractivity contribution is 6.10. The van der Waals surface area contributed by atoms with Gasteiger partial charge in [-0.05, 0) is 113 Å². The molecule has 50 heavy (non-hydrogen) atoms. The fourth-order valence-electron chi connectivity index (χ4n) is 8.17. The number of benzene rings is 6. The third kappa shape index (κ3) is 4.58. The Labute approximate surface area is 292 Å². The van der Waals surface area contributed by atoms with Crippen molar-refractivity contribution in [3.63, 3.8) is 0 Å². The molecule has 3 nitrogen and oxygen atoms in total. The molecular weight excluding hydrogens is 607 g/mol. The standard InChI is InChI=1S/C47H35N3/c1-3-13-32(14-4-1)43-31-36(27-28-48-43)50-44-20-10-7-17-38(44)37-25-23-33(29-41(37)39-18-8-11-21-45(39)50)34-24-26-47-42(30-34)40-19-9-12-22-46(40)49(47)35-15-5-2-6-16-35/h1-6,8-16,18-31,43,48H,7,17H2. The van der Waals surface area contributed by atoms with Gasteiger partial charge in [0.25, 0.3) is 0 Å². The topological polar surface area (TPSA) is 20.2 Å². The molecule has 1 N–H and O–H groups in total. The predicted molar refractivity (Wildman–Crippen MR) is 209 cm³/mol. The van der Waals surface area contributed by atoms with Gasteiger partial charge < -0.3 is 14.8 Å². The van der Waals surface area contributed by atoms with E-state index < -0.39 is 0 Å². The van der Waals surface area contributed by atoms with E-state index in [4.69, 9.17) is 0 Å². The van der Waals surface area contributed by atoms with Crippen LogP contribution in [-0.2, 0) is 0 Å². The van der Waals surface area contributed by atoms with Crippen LogP contribution in [0, 0.1) is 0 Å². The summed E-state index contributed by atoms with van der Waals surface area (Å²) in [5, 5.41) is 6.11. The van der Waals surface area contributed by atoms with E-state index in [9.17, 15) is 0 Å². The molecular formula is C47H35N3. The summed E-state index contributed by atoms with van der Waals surface area (Å²) in [6.45, 7) is 0. The first-order chi connectivity index (χ1) is 24.8. The van der Waals surface area contributed by atoms with E-state index >= 15 is 0 Å². The highest BCUT2D eigenvalue weighted by Crippen LogP contribution is 2.48. The summed E-state index contributed by atoms with van der Waals surface area (Å²) in [4.78, 5) is 2.48. The summed E-state index contributed by atoms with van der Waals surface area (Å²) in [6.07, 6.45) is 13.4. The Balaban J connectivity index is 1.14. The van der Waals surface area contributed by atoms with Gasteiger partial charge in [-0.25, -0.2) is 0 Å². The average Bonchev–Trinajstić information content (AvgIpc) is 3.46. The van der Waals surface area contributed by atoms with Crippen LogP contribution in [0.25, 0.3) is 55.3 Å². The van der Waals surface area contributed by atoms with Gasteiger partial charge in [-0.1, -0.05) is 109 Å². The van der Waals surface area contributed by atoms with Crippen LogP contribution in [0.4, 0.5) is 5.69 Å². The van der Waals surface area contributed by atoms with E-state index in [1.165, 1.54) is 83.5 Å². The van der Waals surface area contributed by atoms with Crippen LogP contribution in [0.3, 0.4) is 0 Å². The lowest BCUT2D eigenvalue weighted by atomic mass is 9.88. The minimum Gasteiger partial charge on any atom is -0.380 e. The van der Waals surface area contributed by atoms with E-state index in [-0.39, 0.29) is 6.04 Å². The van der Waals surface area contributed by atoms with Gasteiger partial charge >= 0.3 is 0 Å². The zero-order valence-corrected chi connectivity index (χ0v) is 27.6. The van der Waals surface area contributed by atoms with Crippen molar-refractivity contribution >= 4 is 33.1 Å². The van der Waals surface area contributed by atoms with Crippen molar-refractivity contribution in [2.24, 2.45) is 0 Å². The van der Waals surface area contributed by atoms with Crippen LogP contribution in [-0.4, -0.2) is 4.57 Å². The number of fused-ring (bicyclic) bond motifs is 7. The van der Waals surface area contributed by atoms with Crippen LogP contribution < -0.4 is 10.2 Å². The second-order valence-electron chi connectivity index (χ2n) is 13.3. The largest absolute Gasteiger partial charge is 0.380 e. The Kier molecular flexibility index (Phi) is 6.70. The number of anilines is 1.